The van der Waals surface area contributed by atoms with Gasteiger partial charge in [0, 0.05) is 45.6 Å². The number of aliphatic imine (C=N–C) groups is 1. The van der Waals surface area contributed by atoms with Crippen LogP contribution in [0.4, 0.5) is 11.6 Å². The number of nitrogen functional groups attached to an aromatic ring is 2. The highest BCUT2D eigenvalue weighted by Gasteiger charge is 2.18. The molecule has 0 saturated carbocycles. The van der Waals surface area contributed by atoms with Gasteiger partial charge < -0.3 is 31.9 Å². The van der Waals surface area contributed by atoms with Crippen LogP contribution in [0.15, 0.2) is 4.99 Å². The van der Waals surface area contributed by atoms with E-state index in [-0.39, 0.29) is 28.4 Å². The van der Waals surface area contributed by atoms with E-state index in [0.717, 1.165) is 77.9 Å². The molecule has 1 aliphatic heterocycles. The highest BCUT2D eigenvalue weighted by atomic mass is 35.5. The maximum Gasteiger partial charge on any atom is 0.280 e. The number of nitrogens with zero attached hydrogens (tertiary/aromatic N) is 6. The van der Waals surface area contributed by atoms with Crippen molar-refractivity contribution in [3.8, 4) is 0 Å². The van der Waals surface area contributed by atoms with Gasteiger partial charge in [-0.15, -0.1) is 0 Å². The summed E-state index contributed by atoms with van der Waals surface area (Å²) in [4.78, 5) is 43.2. The molecular formula is C24H43ClN10O2. The number of aromatic nitrogens is 2. The number of guanidine groups is 1. The number of rotatable bonds is 15. The van der Waals surface area contributed by atoms with Crippen molar-refractivity contribution in [2.24, 2.45) is 10.7 Å². The molecule has 1 amide bonds. The van der Waals surface area contributed by atoms with E-state index in [0.29, 0.717) is 25.2 Å². The predicted molar refractivity (Wildman–Crippen MR) is 149 cm³/mol. The molecule has 1 fully saturated rings. The first kappa shape index (κ1) is 30.7. The molecule has 0 aromatic carbocycles. The normalized spacial score (nSPS) is 15.3. The molecule has 208 valence electrons. The standard InChI is InChI=1S/C24H43ClN10O2/c1-33(2)11-5-3-8-18(36)9-7-13-35-16-14-34(15-17-35)12-6-4-10-29-24(28)32-23(37)19-21(26)31-22(27)20(25)30-19/h3-17H2,1-2H3,(H4,26,27,31)(H3,28,29,32,37). The second-order valence-electron chi connectivity index (χ2n) is 9.65. The van der Waals surface area contributed by atoms with E-state index in [4.69, 9.17) is 28.8 Å². The van der Waals surface area contributed by atoms with Crippen molar-refractivity contribution in [1.29, 1.82) is 0 Å². The molecule has 1 saturated heterocycles. The van der Waals surface area contributed by atoms with E-state index in [1.807, 2.05) is 0 Å². The van der Waals surface area contributed by atoms with Gasteiger partial charge in [0.2, 0.25) is 0 Å². The van der Waals surface area contributed by atoms with Crippen LogP contribution < -0.4 is 22.5 Å². The van der Waals surface area contributed by atoms with Crippen molar-refractivity contribution in [1.82, 2.24) is 30.0 Å². The van der Waals surface area contributed by atoms with Crippen LogP contribution in [0.25, 0.3) is 0 Å². The maximum absolute atomic E-state index is 12.3. The molecule has 1 aliphatic rings. The van der Waals surface area contributed by atoms with Crippen LogP contribution in [0.2, 0.25) is 5.15 Å². The lowest BCUT2D eigenvalue weighted by Gasteiger charge is -2.34. The first-order chi connectivity index (χ1) is 17.7. The molecule has 0 bridgehead atoms. The number of anilines is 2. The number of nitrogens with two attached hydrogens (primary N) is 3. The average molecular weight is 539 g/mol. The summed E-state index contributed by atoms with van der Waals surface area (Å²) in [5.41, 5.74) is 16.8. The highest BCUT2D eigenvalue weighted by Crippen LogP contribution is 2.17. The number of hydrogen-bond acceptors (Lipinski definition) is 10. The van der Waals surface area contributed by atoms with Crippen molar-refractivity contribution in [2.45, 2.75) is 44.9 Å². The number of piperazine rings is 1. The summed E-state index contributed by atoms with van der Waals surface area (Å²) in [6.45, 7) is 7.68. The van der Waals surface area contributed by atoms with Crippen molar-refractivity contribution >= 4 is 40.9 Å². The minimum absolute atomic E-state index is 0.0141. The summed E-state index contributed by atoms with van der Waals surface area (Å²) in [5, 5.41) is 2.33. The second kappa shape index (κ2) is 16.3. The topological polar surface area (TPSA) is 172 Å². The third-order valence-electron chi connectivity index (χ3n) is 6.23. The molecule has 1 aromatic rings. The number of ketones is 1. The molecule has 2 heterocycles. The monoisotopic (exact) mass is 538 g/mol. The fourth-order valence-corrected chi connectivity index (χ4v) is 4.21. The van der Waals surface area contributed by atoms with Gasteiger partial charge in [-0.05, 0) is 65.8 Å². The Morgan fingerprint density at radius 1 is 0.946 bits per heavy atom. The number of nitrogens with one attached hydrogen (secondary N) is 1. The third-order valence-corrected chi connectivity index (χ3v) is 6.51. The minimum Gasteiger partial charge on any atom is -0.382 e. The quantitative estimate of drug-likeness (QED) is 0.142. The van der Waals surface area contributed by atoms with E-state index in [2.05, 4.69) is 49.1 Å². The van der Waals surface area contributed by atoms with E-state index < -0.39 is 5.91 Å². The fraction of sp³-hybridized carbons (Fsp3) is 0.708. The zero-order valence-electron chi connectivity index (χ0n) is 22.2. The Morgan fingerprint density at radius 2 is 1.57 bits per heavy atom. The van der Waals surface area contributed by atoms with Gasteiger partial charge in [-0.1, -0.05) is 11.6 Å². The van der Waals surface area contributed by atoms with Crippen LogP contribution in [0.3, 0.4) is 0 Å². The SMILES string of the molecule is CN(C)CCCCC(=O)CCCN1CCN(CCCCN=C(N)NC(=O)c2nc(Cl)c(N)nc2N)CC1. The Hall–Kier alpha value is -2.54. The Labute approximate surface area is 225 Å². The molecule has 12 nitrogen and oxygen atoms in total. The van der Waals surface area contributed by atoms with Crippen LogP contribution in [0.5, 0.6) is 0 Å². The Bertz CT molecular complexity index is 904. The first-order valence-electron chi connectivity index (χ1n) is 13.0. The van der Waals surface area contributed by atoms with Gasteiger partial charge in [-0.2, -0.15) is 0 Å². The summed E-state index contributed by atoms with van der Waals surface area (Å²) in [5.74, 6) is -0.442. The smallest absolute Gasteiger partial charge is 0.280 e. The molecular weight excluding hydrogens is 496 g/mol. The van der Waals surface area contributed by atoms with Crippen LogP contribution in [-0.4, -0.2) is 109 Å². The van der Waals surface area contributed by atoms with Crippen LogP contribution in [0.1, 0.15) is 55.4 Å². The molecule has 7 N–H and O–H groups in total. The molecule has 0 atom stereocenters. The molecule has 0 unspecified atom stereocenters. The van der Waals surface area contributed by atoms with Crippen molar-refractivity contribution in [2.75, 3.05) is 77.9 Å². The van der Waals surface area contributed by atoms with Crippen molar-refractivity contribution < 1.29 is 9.59 Å². The first-order valence-corrected chi connectivity index (χ1v) is 13.3. The number of carbonyl (C=O) groups excluding carboxylic acids is 2. The van der Waals surface area contributed by atoms with E-state index in [1.54, 1.807) is 0 Å². The van der Waals surface area contributed by atoms with Gasteiger partial charge in [-0.25, -0.2) is 9.97 Å². The maximum atomic E-state index is 12.3. The molecule has 13 heteroatoms. The average Bonchev–Trinajstić information content (AvgIpc) is 2.84. The molecule has 0 aliphatic carbocycles. The Morgan fingerprint density at radius 3 is 2.22 bits per heavy atom. The van der Waals surface area contributed by atoms with Crippen LogP contribution >= 0.6 is 11.6 Å². The summed E-state index contributed by atoms with van der Waals surface area (Å²) < 4.78 is 0. The number of halogens is 1. The fourth-order valence-electron chi connectivity index (χ4n) is 4.08. The number of amides is 1. The van der Waals surface area contributed by atoms with Gasteiger partial charge in [0.1, 0.15) is 5.78 Å². The lowest BCUT2D eigenvalue weighted by atomic mass is 10.1. The summed E-state index contributed by atoms with van der Waals surface area (Å²) in [6, 6.07) is 0. The highest BCUT2D eigenvalue weighted by molar-refractivity contribution is 6.31. The minimum atomic E-state index is -0.643. The van der Waals surface area contributed by atoms with Gasteiger partial charge in [0.25, 0.3) is 5.91 Å². The summed E-state index contributed by atoms with van der Waals surface area (Å²) in [7, 11) is 4.12. The van der Waals surface area contributed by atoms with Crippen LogP contribution in [-0.2, 0) is 4.79 Å². The zero-order valence-corrected chi connectivity index (χ0v) is 23.0. The summed E-state index contributed by atoms with van der Waals surface area (Å²) >= 11 is 5.80. The van der Waals surface area contributed by atoms with Gasteiger partial charge in [-0.3, -0.25) is 19.9 Å². The Kier molecular flexibility index (Phi) is 13.5. The third kappa shape index (κ3) is 12.0. The lowest BCUT2D eigenvalue weighted by Crippen LogP contribution is -2.46. The number of carbonyl (C=O) groups is 2. The lowest BCUT2D eigenvalue weighted by molar-refractivity contribution is -0.119. The molecule has 2 rings (SSSR count). The van der Waals surface area contributed by atoms with Gasteiger partial charge in [0.05, 0.1) is 0 Å². The van der Waals surface area contributed by atoms with Crippen LogP contribution in [0, 0.1) is 0 Å². The van der Waals surface area contributed by atoms with E-state index in [1.165, 1.54) is 0 Å². The number of hydrogen-bond donors (Lipinski definition) is 4. The second-order valence-corrected chi connectivity index (χ2v) is 10.0. The largest absolute Gasteiger partial charge is 0.382 e. The van der Waals surface area contributed by atoms with Crippen molar-refractivity contribution in [3.63, 3.8) is 0 Å². The Balaban J connectivity index is 1.53. The number of unbranched alkanes of at least 4 members (excludes halogenated alkanes) is 2. The molecule has 1 aromatic heterocycles. The van der Waals surface area contributed by atoms with E-state index >= 15 is 0 Å². The zero-order chi connectivity index (χ0) is 27.2. The van der Waals surface area contributed by atoms with Gasteiger partial charge in [0.15, 0.2) is 28.4 Å². The molecule has 0 spiro atoms. The summed E-state index contributed by atoms with van der Waals surface area (Å²) in [6.07, 6.45) is 6.27. The van der Waals surface area contributed by atoms with Gasteiger partial charge >= 0.3 is 0 Å². The molecule has 0 radical (unpaired) electrons. The van der Waals surface area contributed by atoms with Crippen molar-refractivity contribution in [3.05, 3.63) is 10.8 Å². The predicted octanol–water partition coefficient (Wildman–Crippen LogP) is 0.818. The van der Waals surface area contributed by atoms with E-state index in [9.17, 15) is 9.59 Å². The number of Topliss-reactive ketones (excluding diaryl/α,β-unsaturated/α-hetero) is 1. The molecule has 37 heavy (non-hydrogen) atoms.